The number of carbonyl (C=O) groups excluding carboxylic acids is 1. The molecule has 1 aromatic heterocycles. The Balaban J connectivity index is 1.85. The predicted molar refractivity (Wildman–Crippen MR) is 78.8 cm³/mol. The Hall–Kier alpha value is -3.09. The van der Waals surface area contributed by atoms with Gasteiger partial charge < -0.3 is 5.32 Å². The van der Waals surface area contributed by atoms with Crippen LogP contribution in [0.15, 0.2) is 53.3 Å². The zero-order valence-electron chi connectivity index (χ0n) is 11.4. The number of rotatable bonds is 3. The molecule has 0 aliphatic heterocycles. The van der Waals surface area contributed by atoms with Gasteiger partial charge in [-0.1, -0.05) is 23.4 Å². The van der Waals surface area contributed by atoms with Gasteiger partial charge in [-0.05, 0) is 24.3 Å². The maximum Gasteiger partial charge on any atom is 0.278 e. The minimum atomic E-state index is -0.499. The van der Waals surface area contributed by atoms with Gasteiger partial charge in [0, 0.05) is 11.8 Å². The molecule has 22 heavy (non-hydrogen) atoms. The Kier molecular flexibility index (Phi) is 3.61. The van der Waals surface area contributed by atoms with Crippen molar-refractivity contribution in [1.82, 2.24) is 15.0 Å². The van der Waals surface area contributed by atoms with Gasteiger partial charge in [-0.15, -0.1) is 5.10 Å². The lowest BCUT2D eigenvalue weighted by molar-refractivity contribution is -0.117. The van der Waals surface area contributed by atoms with Crippen LogP contribution in [0.2, 0.25) is 0 Å². The van der Waals surface area contributed by atoms with E-state index in [1.54, 1.807) is 24.3 Å². The Morgan fingerprint density at radius 3 is 2.73 bits per heavy atom. The molecule has 2 aromatic carbocycles. The van der Waals surface area contributed by atoms with Crippen molar-refractivity contribution in [3.05, 3.63) is 64.7 Å². The van der Waals surface area contributed by atoms with Gasteiger partial charge in [0.05, 0.1) is 5.39 Å². The van der Waals surface area contributed by atoms with Crippen LogP contribution >= 0.6 is 0 Å². The summed E-state index contributed by atoms with van der Waals surface area (Å²) < 4.78 is 14.0. The van der Waals surface area contributed by atoms with Gasteiger partial charge in [0.1, 0.15) is 17.9 Å². The van der Waals surface area contributed by atoms with E-state index in [0.717, 1.165) is 10.7 Å². The van der Waals surface area contributed by atoms with E-state index in [2.05, 4.69) is 15.6 Å². The third-order valence-corrected chi connectivity index (χ3v) is 3.04. The van der Waals surface area contributed by atoms with Crippen molar-refractivity contribution in [3.8, 4) is 0 Å². The normalized spacial score (nSPS) is 10.6. The number of nitrogens with one attached hydrogen (secondary N) is 1. The van der Waals surface area contributed by atoms with Crippen LogP contribution in [0.5, 0.6) is 0 Å². The van der Waals surface area contributed by atoms with Crippen LogP contribution in [0.4, 0.5) is 10.1 Å². The molecule has 1 heterocycles. The van der Waals surface area contributed by atoms with Gasteiger partial charge in [0.2, 0.25) is 5.91 Å². The van der Waals surface area contributed by atoms with Gasteiger partial charge in [0.15, 0.2) is 0 Å². The highest BCUT2D eigenvalue weighted by Crippen LogP contribution is 2.08. The van der Waals surface area contributed by atoms with Crippen molar-refractivity contribution in [2.45, 2.75) is 6.54 Å². The molecule has 0 saturated carbocycles. The zero-order chi connectivity index (χ0) is 15.5. The zero-order valence-corrected chi connectivity index (χ0v) is 11.4. The smallest absolute Gasteiger partial charge is 0.278 e. The van der Waals surface area contributed by atoms with Crippen molar-refractivity contribution in [3.63, 3.8) is 0 Å². The Labute approximate surface area is 124 Å². The van der Waals surface area contributed by atoms with Crippen LogP contribution in [0.1, 0.15) is 0 Å². The molecular formula is C15H11FN4O2. The molecule has 1 amide bonds. The lowest BCUT2D eigenvalue weighted by atomic mass is 10.2. The fourth-order valence-electron chi connectivity index (χ4n) is 2.01. The molecule has 0 spiro atoms. The molecule has 0 atom stereocenters. The monoisotopic (exact) mass is 298 g/mol. The highest BCUT2D eigenvalue weighted by atomic mass is 19.1. The first kappa shape index (κ1) is 13.9. The van der Waals surface area contributed by atoms with Gasteiger partial charge in [-0.25, -0.2) is 9.07 Å². The number of benzene rings is 2. The average Bonchev–Trinajstić information content (AvgIpc) is 2.51. The Morgan fingerprint density at radius 1 is 1.18 bits per heavy atom. The summed E-state index contributed by atoms with van der Waals surface area (Å²) in [6, 6.07) is 12.5. The van der Waals surface area contributed by atoms with E-state index in [0.29, 0.717) is 5.69 Å². The topological polar surface area (TPSA) is 76.9 Å². The third-order valence-electron chi connectivity index (χ3n) is 3.04. The number of aromatic nitrogens is 3. The molecular weight excluding hydrogens is 287 g/mol. The lowest BCUT2D eigenvalue weighted by Gasteiger charge is -2.06. The molecule has 3 rings (SSSR count). The van der Waals surface area contributed by atoms with E-state index in [-0.39, 0.29) is 17.4 Å². The van der Waals surface area contributed by atoms with Crippen molar-refractivity contribution < 1.29 is 9.18 Å². The maximum absolute atomic E-state index is 13.1. The van der Waals surface area contributed by atoms with E-state index in [1.807, 2.05) is 6.07 Å². The van der Waals surface area contributed by atoms with Crippen LogP contribution in [-0.2, 0) is 11.3 Å². The summed E-state index contributed by atoms with van der Waals surface area (Å²) in [5.74, 6) is -0.898. The predicted octanol–water partition coefficient (Wildman–Crippen LogP) is 1.57. The minimum Gasteiger partial charge on any atom is -0.324 e. The van der Waals surface area contributed by atoms with Crippen LogP contribution in [-0.4, -0.2) is 20.9 Å². The number of hydrogen-bond acceptors (Lipinski definition) is 4. The standard InChI is InChI=1S/C15H11FN4O2/c16-10-6-7-12-13(8-10)18-19-20(15(12)22)9-14(21)17-11-4-2-1-3-5-11/h1-8H,9H2,(H,17,21). The fraction of sp³-hybridized carbons (Fsp3) is 0.0667. The first-order valence-corrected chi connectivity index (χ1v) is 6.51. The van der Waals surface area contributed by atoms with Gasteiger partial charge in [0.25, 0.3) is 5.56 Å². The summed E-state index contributed by atoms with van der Waals surface area (Å²) in [4.78, 5) is 24.1. The molecule has 0 fully saturated rings. The first-order valence-electron chi connectivity index (χ1n) is 6.51. The number of hydrogen-bond donors (Lipinski definition) is 1. The number of halogens is 1. The van der Waals surface area contributed by atoms with Crippen LogP contribution in [0.25, 0.3) is 10.9 Å². The average molecular weight is 298 g/mol. The molecule has 0 aliphatic carbocycles. The molecule has 0 saturated heterocycles. The number of anilines is 1. The largest absolute Gasteiger partial charge is 0.324 e. The summed E-state index contributed by atoms with van der Waals surface area (Å²) in [6.45, 7) is -0.270. The summed E-state index contributed by atoms with van der Waals surface area (Å²) in [7, 11) is 0. The molecule has 0 unspecified atom stereocenters. The second-order valence-corrected chi connectivity index (χ2v) is 4.63. The highest BCUT2D eigenvalue weighted by Gasteiger charge is 2.10. The first-order chi connectivity index (χ1) is 10.6. The summed E-state index contributed by atoms with van der Waals surface area (Å²) >= 11 is 0. The second kappa shape index (κ2) is 5.72. The van der Waals surface area contributed by atoms with Crippen LogP contribution in [0.3, 0.4) is 0 Å². The molecule has 6 nitrogen and oxygen atoms in total. The number of carbonyl (C=O) groups is 1. The van der Waals surface area contributed by atoms with E-state index in [9.17, 15) is 14.0 Å². The molecule has 0 bridgehead atoms. The molecule has 3 aromatic rings. The fourth-order valence-corrected chi connectivity index (χ4v) is 2.01. The summed E-state index contributed by atoms with van der Waals surface area (Å²) in [5.41, 5.74) is 0.286. The van der Waals surface area contributed by atoms with Crippen molar-refractivity contribution in [2.24, 2.45) is 0 Å². The van der Waals surface area contributed by atoms with E-state index in [4.69, 9.17) is 0 Å². The van der Waals surface area contributed by atoms with Gasteiger partial charge in [-0.2, -0.15) is 0 Å². The Morgan fingerprint density at radius 2 is 1.95 bits per heavy atom. The summed E-state index contributed by atoms with van der Waals surface area (Å²) in [5, 5.41) is 10.3. The lowest BCUT2D eigenvalue weighted by Crippen LogP contribution is -2.30. The molecule has 7 heteroatoms. The number of para-hydroxylation sites is 1. The highest BCUT2D eigenvalue weighted by molar-refractivity contribution is 5.90. The number of fused-ring (bicyclic) bond motifs is 1. The van der Waals surface area contributed by atoms with E-state index in [1.165, 1.54) is 12.1 Å². The Bertz CT molecular complexity index is 893. The minimum absolute atomic E-state index is 0.157. The van der Waals surface area contributed by atoms with Crippen LogP contribution in [0, 0.1) is 5.82 Å². The van der Waals surface area contributed by atoms with Crippen molar-refractivity contribution in [1.29, 1.82) is 0 Å². The quantitative estimate of drug-likeness (QED) is 0.796. The second-order valence-electron chi connectivity index (χ2n) is 4.63. The van der Waals surface area contributed by atoms with Gasteiger partial charge >= 0.3 is 0 Å². The van der Waals surface area contributed by atoms with Crippen molar-refractivity contribution in [2.75, 3.05) is 5.32 Å². The maximum atomic E-state index is 13.1. The molecule has 110 valence electrons. The van der Waals surface area contributed by atoms with Crippen LogP contribution < -0.4 is 10.9 Å². The van der Waals surface area contributed by atoms with E-state index >= 15 is 0 Å². The molecule has 0 aliphatic rings. The summed E-state index contributed by atoms with van der Waals surface area (Å²) in [6.07, 6.45) is 0. The SMILES string of the molecule is O=C(Cn1nnc2cc(F)ccc2c1=O)Nc1ccccc1. The molecule has 0 radical (unpaired) electrons. The van der Waals surface area contributed by atoms with Crippen molar-refractivity contribution >= 4 is 22.5 Å². The van der Waals surface area contributed by atoms with E-state index < -0.39 is 17.3 Å². The van der Waals surface area contributed by atoms with Gasteiger partial charge in [-0.3, -0.25) is 9.59 Å². The number of amides is 1. The molecule has 1 N–H and O–H groups in total. The third kappa shape index (κ3) is 2.83. The number of nitrogens with zero attached hydrogens (tertiary/aromatic N) is 3.